The van der Waals surface area contributed by atoms with Crippen LogP contribution >= 0.6 is 0 Å². The third-order valence-electron chi connectivity index (χ3n) is 10.7. The number of nitrogens with zero attached hydrogens (tertiary/aromatic N) is 1. The van der Waals surface area contributed by atoms with Gasteiger partial charge < -0.3 is 14.4 Å². The molecule has 0 aromatic carbocycles. The molecule has 1 aliphatic heterocycles. The van der Waals surface area contributed by atoms with E-state index in [2.05, 4.69) is 81.5 Å². The zero-order chi connectivity index (χ0) is 34.4. The molecule has 3 nitrogen and oxygen atoms in total. The van der Waals surface area contributed by atoms with Gasteiger partial charge >= 0.3 is 0 Å². The van der Waals surface area contributed by atoms with Gasteiger partial charge in [0.1, 0.15) is 0 Å². The van der Waals surface area contributed by atoms with Gasteiger partial charge in [0.05, 0.1) is 12.2 Å². The minimum atomic E-state index is -0.307. The van der Waals surface area contributed by atoms with E-state index in [9.17, 15) is 0 Å². The van der Waals surface area contributed by atoms with E-state index in [1.165, 1.54) is 148 Å². The highest BCUT2D eigenvalue weighted by molar-refractivity contribution is 4.97. The summed E-state index contributed by atoms with van der Waals surface area (Å²) in [5.74, 6) is -0.307. The van der Waals surface area contributed by atoms with Gasteiger partial charge in [-0.05, 0) is 104 Å². The van der Waals surface area contributed by atoms with Crippen LogP contribution in [-0.4, -0.2) is 43.0 Å². The van der Waals surface area contributed by atoms with Gasteiger partial charge in [-0.3, -0.25) is 0 Å². The van der Waals surface area contributed by atoms with Crippen LogP contribution < -0.4 is 0 Å². The highest BCUT2D eigenvalue weighted by atomic mass is 16.8. The second-order valence-corrected chi connectivity index (χ2v) is 15.3. The summed E-state index contributed by atoms with van der Waals surface area (Å²) in [6.07, 6.45) is 56.5. The van der Waals surface area contributed by atoms with E-state index < -0.39 is 0 Å². The van der Waals surface area contributed by atoms with Gasteiger partial charge in [0.15, 0.2) is 5.79 Å². The number of hydrogen-bond acceptors (Lipinski definition) is 3. The van der Waals surface area contributed by atoms with Gasteiger partial charge in [-0.15, -0.1) is 0 Å². The predicted molar refractivity (Wildman–Crippen MR) is 212 cm³/mol. The SMILES string of the molecule is CCCCC/C=C\C/C=C\CCCCCCCCCC1(CCCCCCCC/C=C\C/C=C\CCCCC)O[C@H]2C[C@H](N(C)C)C[C@H]2O1. The Hall–Kier alpha value is -1.16. The number of rotatable bonds is 32. The Kier molecular flexibility index (Phi) is 26.5. The van der Waals surface area contributed by atoms with Crippen LogP contribution in [0.1, 0.15) is 200 Å². The number of fused-ring (bicyclic) bond motifs is 1. The van der Waals surface area contributed by atoms with Crippen LogP contribution in [0.2, 0.25) is 0 Å². The molecule has 4 atom stereocenters. The van der Waals surface area contributed by atoms with E-state index in [4.69, 9.17) is 9.47 Å². The van der Waals surface area contributed by atoms with Crippen molar-refractivity contribution in [2.24, 2.45) is 0 Å². The number of hydrogen-bond donors (Lipinski definition) is 0. The van der Waals surface area contributed by atoms with E-state index in [0.29, 0.717) is 18.2 Å². The maximum atomic E-state index is 6.83. The quantitative estimate of drug-likeness (QED) is 0.0526. The van der Waals surface area contributed by atoms with E-state index in [1.54, 1.807) is 0 Å². The average Bonchev–Trinajstić information content (AvgIpc) is 3.63. The molecule has 1 heterocycles. The van der Waals surface area contributed by atoms with Crippen molar-refractivity contribution in [3.05, 3.63) is 48.6 Å². The van der Waals surface area contributed by atoms with Gasteiger partial charge in [0.2, 0.25) is 0 Å². The molecule has 0 aromatic heterocycles. The van der Waals surface area contributed by atoms with E-state index in [1.807, 2.05) is 0 Å². The summed E-state index contributed by atoms with van der Waals surface area (Å²) in [7, 11) is 4.41. The van der Waals surface area contributed by atoms with Crippen LogP contribution in [0.25, 0.3) is 0 Å². The Morgan fingerprint density at radius 2 is 0.792 bits per heavy atom. The van der Waals surface area contributed by atoms with Crippen molar-refractivity contribution in [1.82, 2.24) is 4.90 Å². The lowest BCUT2D eigenvalue weighted by Crippen LogP contribution is -2.34. The Morgan fingerprint density at radius 3 is 1.15 bits per heavy atom. The van der Waals surface area contributed by atoms with Crippen molar-refractivity contribution in [2.45, 2.75) is 224 Å². The smallest absolute Gasteiger partial charge is 0.169 e. The van der Waals surface area contributed by atoms with E-state index in [-0.39, 0.29) is 5.79 Å². The fourth-order valence-corrected chi connectivity index (χ4v) is 7.49. The summed E-state index contributed by atoms with van der Waals surface area (Å²) in [5.41, 5.74) is 0. The molecule has 2 rings (SSSR count). The Balaban J connectivity index is 1.54. The monoisotopic (exact) mass is 668 g/mol. The second kappa shape index (κ2) is 29.6. The van der Waals surface area contributed by atoms with Crippen molar-refractivity contribution in [3.63, 3.8) is 0 Å². The van der Waals surface area contributed by atoms with E-state index in [0.717, 1.165) is 38.5 Å². The molecule has 0 aromatic rings. The number of unbranched alkanes of at least 4 members (excludes halogenated alkanes) is 19. The minimum absolute atomic E-state index is 0.304. The summed E-state index contributed by atoms with van der Waals surface area (Å²) in [6, 6.07) is 0.604. The first kappa shape index (κ1) is 43.0. The first-order valence-electron chi connectivity index (χ1n) is 21.2. The number of ether oxygens (including phenoxy) is 2. The molecule has 0 radical (unpaired) electrons. The molecule has 0 N–H and O–H groups in total. The molecule has 2 aliphatic rings. The van der Waals surface area contributed by atoms with Crippen LogP contribution in [0.15, 0.2) is 48.6 Å². The summed E-state index contributed by atoms with van der Waals surface area (Å²) in [5, 5.41) is 0. The highest BCUT2D eigenvalue weighted by Crippen LogP contribution is 2.44. The summed E-state index contributed by atoms with van der Waals surface area (Å²) < 4.78 is 13.7. The van der Waals surface area contributed by atoms with Crippen molar-refractivity contribution in [3.8, 4) is 0 Å². The largest absolute Gasteiger partial charge is 0.344 e. The molecule has 48 heavy (non-hydrogen) atoms. The molecule has 3 heteroatoms. The molecule has 1 saturated heterocycles. The lowest BCUT2D eigenvalue weighted by Gasteiger charge is -2.31. The molecule has 1 unspecified atom stereocenters. The van der Waals surface area contributed by atoms with Crippen LogP contribution in [0, 0.1) is 0 Å². The zero-order valence-electron chi connectivity index (χ0n) is 32.6. The first-order chi connectivity index (χ1) is 23.6. The summed E-state index contributed by atoms with van der Waals surface area (Å²) >= 11 is 0. The van der Waals surface area contributed by atoms with Crippen molar-refractivity contribution in [2.75, 3.05) is 14.1 Å². The normalized spacial score (nSPS) is 23.0. The molecule has 0 bridgehead atoms. The molecular weight excluding hydrogens is 587 g/mol. The Morgan fingerprint density at radius 1 is 0.458 bits per heavy atom. The second-order valence-electron chi connectivity index (χ2n) is 15.3. The van der Waals surface area contributed by atoms with E-state index >= 15 is 0 Å². The van der Waals surface area contributed by atoms with Gasteiger partial charge in [-0.25, -0.2) is 0 Å². The highest BCUT2D eigenvalue weighted by Gasteiger charge is 2.51. The van der Waals surface area contributed by atoms with Crippen molar-refractivity contribution < 1.29 is 9.47 Å². The average molecular weight is 668 g/mol. The summed E-state index contributed by atoms with van der Waals surface area (Å²) in [4.78, 5) is 2.36. The fraction of sp³-hybridized carbons (Fsp3) is 0.822. The maximum absolute atomic E-state index is 6.83. The third-order valence-corrected chi connectivity index (χ3v) is 10.7. The molecule has 1 saturated carbocycles. The van der Waals surface area contributed by atoms with Gasteiger partial charge in [0.25, 0.3) is 0 Å². The van der Waals surface area contributed by atoms with Crippen LogP contribution in [0.4, 0.5) is 0 Å². The Labute approximate surface area is 300 Å². The molecular formula is C45H81NO2. The predicted octanol–water partition coefficient (Wildman–Crippen LogP) is 14.0. The zero-order valence-corrected chi connectivity index (χ0v) is 32.6. The van der Waals surface area contributed by atoms with Crippen molar-refractivity contribution >= 4 is 0 Å². The lowest BCUT2D eigenvalue weighted by atomic mass is 9.98. The number of allylic oxidation sites excluding steroid dienone is 8. The van der Waals surface area contributed by atoms with Crippen LogP contribution in [0.3, 0.4) is 0 Å². The lowest BCUT2D eigenvalue weighted by molar-refractivity contribution is -0.193. The topological polar surface area (TPSA) is 21.7 Å². The summed E-state index contributed by atoms with van der Waals surface area (Å²) in [6.45, 7) is 4.54. The minimum Gasteiger partial charge on any atom is -0.344 e. The standard InChI is InChI=1S/C45H81NO2/c1-5-7-9-11-13-15-17-19-21-23-25-27-29-31-33-35-37-39-45(47-43-40-42(46(3)4)41-44(43)48-45)38-36-34-32-30-28-26-24-22-20-18-16-14-12-10-8-6-2/h13-16,19-22,42-44H,5-12,17-18,23-41H2,1-4H3/b15-13-,16-14-,21-19-,22-20-/t42-,43-,44+,45?. The third kappa shape index (κ3) is 21.1. The molecule has 0 amide bonds. The van der Waals surface area contributed by atoms with Gasteiger partial charge in [-0.1, -0.05) is 146 Å². The molecule has 278 valence electrons. The van der Waals surface area contributed by atoms with Crippen molar-refractivity contribution in [1.29, 1.82) is 0 Å². The maximum Gasteiger partial charge on any atom is 0.169 e. The fourth-order valence-electron chi connectivity index (χ4n) is 7.49. The van der Waals surface area contributed by atoms with Gasteiger partial charge in [0, 0.05) is 18.9 Å². The van der Waals surface area contributed by atoms with Crippen LogP contribution in [0.5, 0.6) is 0 Å². The Bertz CT molecular complexity index is 828. The van der Waals surface area contributed by atoms with Gasteiger partial charge in [-0.2, -0.15) is 0 Å². The first-order valence-corrected chi connectivity index (χ1v) is 21.2. The molecule has 2 fully saturated rings. The molecule has 1 aliphatic carbocycles. The van der Waals surface area contributed by atoms with Crippen LogP contribution in [-0.2, 0) is 9.47 Å². The molecule has 0 spiro atoms.